The Kier molecular flexibility index (Phi) is 7.29. The van der Waals surface area contributed by atoms with Crippen LogP contribution < -0.4 is 11.3 Å². The lowest BCUT2D eigenvalue weighted by atomic mass is 10.4. The van der Waals surface area contributed by atoms with E-state index in [0.29, 0.717) is 0 Å². The first-order valence-electron chi connectivity index (χ1n) is 3.55. The van der Waals surface area contributed by atoms with E-state index in [4.69, 9.17) is 5.84 Å². The summed E-state index contributed by atoms with van der Waals surface area (Å²) in [5.74, 6) is 6.14. The highest BCUT2D eigenvalue weighted by Crippen LogP contribution is 2.15. The first-order chi connectivity index (χ1) is 5.43. The third-order valence-corrected chi connectivity index (χ3v) is 2.27. The monoisotopic (exact) mass is 204 g/mol. The summed E-state index contributed by atoms with van der Waals surface area (Å²) in [5, 5.41) is 0. The van der Waals surface area contributed by atoms with Gasteiger partial charge in [-0.15, -0.1) is 24.2 Å². The Hall–Kier alpha value is -0.220. The minimum atomic E-state index is 0. The number of nitrogens with one attached hydrogen (secondary N) is 1. The molecule has 1 rings (SSSR count). The van der Waals surface area contributed by atoms with Crippen LogP contribution in [0.1, 0.15) is 0 Å². The van der Waals surface area contributed by atoms with Crippen LogP contribution in [0.2, 0.25) is 0 Å². The second kappa shape index (κ2) is 7.43. The molecule has 0 aliphatic rings. The van der Waals surface area contributed by atoms with Crippen LogP contribution in [0.15, 0.2) is 35.2 Å². The lowest BCUT2D eigenvalue weighted by Crippen LogP contribution is -2.24. The van der Waals surface area contributed by atoms with Gasteiger partial charge in [-0.25, -0.2) is 0 Å². The van der Waals surface area contributed by atoms with Crippen molar-refractivity contribution < 1.29 is 0 Å². The van der Waals surface area contributed by atoms with Crippen molar-refractivity contribution in [3.05, 3.63) is 30.3 Å². The van der Waals surface area contributed by atoms with E-state index in [1.165, 1.54) is 4.90 Å². The summed E-state index contributed by atoms with van der Waals surface area (Å²) in [6.45, 7) is 0.847. The fourth-order valence-corrected chi connectivity index (χ4v) is 1.55. The van der Waals surface area contributed by atoms with Gasteiger partial charge >= 0.3 is 0 Å². The van der Waals surface area contributed by atoms with E-state index >= 15 is 0 Å². The number of thioether (sulfide) groups is 1. The Bertz CT molecular complexity index is 194. The molecule has 0 saturated carbocycles. The van der Waals surface area contributed by atoms with Gasteiger partial charge in [0, 0.05) is 17.2 Å². The highest BCUT2D eigenvalue weighted by molar-refractivity contribution is 7.99. The van der Waals surface area contributed by atoms with Crippen LogP contribution >= 0.6 is 24.2 Å². The predicted molar refractivity (Wildman–Crippen MR) is 56.6 cm³/mol. The largest absolute Gasteiger partial charge is 0.271 e. The Morgan fingerprint density at radius 2 is 1.92 bits per heavy atom. The molecule has 0 unspecified atom stereocenters. The molecule has 0 saturated heterocycles. The summed E-state index contributed by atoms with van der Waals surface area (Å²) in [5.41, 5.74) is 2.62. The van der Waals surface area contributed by atoms with Crippen LogP contribution in [0.4, 0.5) is 0 Å². The summed E-state index contributed by atoms with van der Waals surface area (Å²) in [4.78, 5) is 1.29. The third-order valence-electron chi connectivity index (χ3n) is 1.26. The Balaban J connectivity index is 0.00000121. The molecule has 12 heavy (non-hydrogen) atoms. The standard InChI is InChI=1S/C8H12N2S.ClH/c9-10-6-7-11-8-4-2-1-3-5-8;/h1-5,10H,6-7,9H2;1H. The number of hydrogen-bond acceptors (Lipinski definition) is 3. The second-order valence-electron chi connectivity index (χ2n) is 2.12. The van der Waals surface area contributed by atoms with Crippen molar-refractivity contribution in [3.8, 4) is 0 Å². The van der Waals surface area contributed by atoms with Crippen LogP contribution in [0.3, 0.4) is 0 Å². The predicted octanol–water partition coefficient (Wildman–Crippen LogP) is 1.66. The van der Waals surface area contributed by atoms with Gasteiger partial charge in [0.1, 0.15) is 0 Å². The van der Waals surface area contributed by atoms with Crippen LogP contribution in [-0.2, 0) is 0 Å². The molecule has 0 atom stereocenters. The Labute approximate surface area is 83.3 Å². The molecule has 3 N–H and O–H groups in total. The van der Waals surface area contributed by atoms with Crippen LogP contribution in [0.5, 0.6) is 0 Å². The lowest BCUT2D eigenvalue weighted by Gasteiger charge is -1.98. The van der Waals surface area contributed by atoms with Crippen LogP contribution in [-0.4, -0.2) is 12.3 Å². The van der Waals surface area contributed by atoms with Gasteiger partial charge in [-0.2, -0.15) is 0 Å². The van der Waals surface area contributed by atoms with Gasteiger partial charge in [-0.1, -0.05) is 18.2 Å². The number of benzene rings is 1. The summed E-state index contributed by atoms with van der Waals surface area (Å²) < 4.78 is 0. The third kappa shape index (κ3) is 4.62. The van der Waals surface area contributed by atoms with Gasteiger partial charge < -0.3 is 0 Å². The number of hydrogen-bond donors (Lipinski definition) is 2. The maximum Gasteiger partial charge on any atom is 0.0192 e. The molecular weight excluding hydrogens is 192 g/mol. The topological polar surface area (TPSA) is 38.0 Å². The summed E-state index contributed by atoms with van der Waals surface area (Å²) in [6.07, 6.45) is 0. The van der Waals surface area contributed by atoms with Crippen molar-refractivity contribution >= 4 is 24.2 Å². The fourth-order valence-electron chi connectivity index (χ4n) is 0.745. The smallest absolute Gasteiger partial charge is 0.0192 e. The zero-order valence-electron chi connectivity index (χ0n) is 6.69. The summed E-state index contributed by atoms with van der Waals surface area (Å²) >= 11 is 1.80. The quantitative estimate of drug-likeness (QED) is 0.339. The molecule has 1 aromatic carbocycles. The van der Waals surface area contributed by atoms with E-state index in [1.54, 1.807) is 11.8 Å². The molecule has 0 amide bonds. The number of nitrogens with two attached hydrogens (primary N) is 1. The van der Waals surface area contributed by atoms with Crippen molar-refractivity contribution in [3.63, 3.8) is 0 Å². The van der Waals surface area contributed by atoms with Gasteiger partial charge in [0.25, 0.3) is 0 Å². The van der Waals surface area contributed by atoms with Crippen molar-refractivity contribution in [2.75, 3.05) is 12.3 Å². The molecule has 0 bridgehead atoms. The van der Waals surface area contributed by atoms with E-state index in [-0.39, 0.29) is 12.4 Å². The maximum atomic E-state index is 5.13. The highest BCUT2D eigenvalue weighted by Gasteiger charge is 1.89. The molecule has 0 spiro atoms. The molecule has 68 valence electrons. The van der Waals surface area contributed by atoms with E-state index in [0.717, 1.165) is 12.3 Å². The van der Waals surface area contributed by atoms with E-state index in [1.807, 2.05) is 18.2 Å². The van der Waals surface area contributed by atoms with Crippen molar-refractivity contribution in [1.82, 2.24) is 5.43 Å². The van der Waals surface area contributed by atoms with Gasteiger partial charge in [0.2, 0.25) is 0 Å². The van der Waals surface area contributed by atoms with Gasteiger partial charge in [0.15, 0.2) is 0 Å². The Morgan fingerprint density at radius 3 is 2.50 bits per heavy atom. The second-order valence-corrected chi connectivity index (χ2v) is 3.28. The molecule has 0 fully saturated rings. The van der Waals surface area contributed by atoms with Crippen molar-refractivity contribution in [2.24, 2.45) is 5.84 Å². The molecule has 4 heteroatoms. The first kappa shape index (κ1) is 11.8. The van der Waals surface area contributed by atoms with Crippen molar-refractivity contribution in [1.29, 1.82) is 0 Å². The highest BCUT2D eigenvalue weighted by atomic mass is 35.5. The number of halogens is 1. The van der Waals surface area contributed by atoms with Crippen LogP contribution in [0, 0.1) is 0 Å². The fraction of sp³-hybridized carbons (Fsp3) is 0.250. The van der Waals surface area contributed by atoms with Gasteiger partial charge in [-0.05, 0) is 12.1 Å². The Morgan fingerprint density at radius 1 is 1.25 bits per heavy atom. The normalized spacial score (nSPS) is 9.08. The van der Waals surface area contributed by atoms with E-state index in [2.05, 4.69) is 17.6 Å². The molecule has 2 nitrogen and oxygen atoms in total. The zero-order chi connectivity index (χ0) is 7.94. The molecule has 0 heterocycles. The minimum absolute atomic E-state index is 0. The number of rotatable bonds is 4. The summed E-state index contributed by atoms with van der Waals surface area (Å²) in [7, 11) is 0. The van der Waals surface area contributed by atoms with E-state index < -0.39 is 0 Å². The SMILES string of the molecule is Cl.NNCCSc1ccccc1. The maximum absolute atomic E-state index is 5.13. The molecule has 0 aliphatic heterocycles. The molecule has 1 aromatic rings. The summed E-state index contributed by atoms with van der Waals surface area (Å²) in [6, 6.07) is 10.3. The average Bonchev–Trinajstić information content (AvgIpc) is 2.07. The van der Waals surface area contributed by atoms with Gasteiger partial charge in [0.05, 0.1) is 0 Å². The molecule has 0 radical (unpaired) electrons. The van der Waals surface area contributed by atoms with E-state index in [9.17, 15) is 0 Å². The molecule has 0 aromatic heterocycles. The first-order valence-corrected chi connectivity index (χ1v) is 4.53. The van der Waals surface area contributed by atoms with Crippen LogP contribution in [0.25, 0.3) is 0 Å². The minimum Gasteiger partial charge on any atom is -0.271 e. The molecular formula is C8H13ClN2S. The zero-order valence-corrected chi connectivity index (χ0v) is 8.33. The average molecular weight is 205 g/mol. The number of hydrazine groups is 1. The molecule has 0 aliphatic carbocycles. The lowest BCUT2D eigenvalue weighted by molar-refractivity contribution is 0.787. The van der Waals surface area contributed by atoms with Gasteiger partial charge in [-0.3, -0.25) is 11.3 Å². The van der Waals surface area contributed by atoms with Crippen molar-refractivity contribution in [2.45, 2.75) is 4.90 Å².